The van der Waals surface area contributed by atoms with E-state index in [0.29, 0.717) is 0 Å². The van der Waals surface area contributed by atoms with E-state index in [1.165, 1.54) is 12.3 Å². The minimum Gasteiger partial charge on any atom is -0.491 e. The number of allylic oxidation sites excluding steroid dienone is 1. The first-order valence-electron chi connectivity index (χ1n) is 6.33. The molecule has 4 nitrogen and oxygen atoms in total. The molecule has 0 unspecified atom stereocenters. The highest BCUT2D eigenvalue weighted by atomic mass is 19.4. The van der Waals surface area contributed by atoms with Gasteiger partial charge in [0.2, 0.25) is 0 Å². The van der Waals surface area contributed by atoms with Crippen molar-refractivity contribution in [3.05, 3.63) is 41.6 Å². The summed E-state index contributed by atoms with van der Waals surface area (Å²) in [5.74, 6) is 0.0341. The van der Waals surface area contributed by atoms with E-state index in [-0.39, 0.29) is 23.3 Å². The molecule has 116 valence electrons. The molecule has 0 fully saturated rings. The summed E-state index contributed by atoms with van der Waals surface area (Å²) >= 11 is 0. The number of alkyl halides is 3. The summed E-state index contributed by atoms with van der Waals surface area (Å²) in [5.41, 5.74) is 7.49. The predicted molar refractivity (Wildman–Crippen MR) is 75.9 cm³/mol. The second kappa shape index (κ2) is 7.01. The normalized spacial score (nSPS) is 13.0. The van der Waals surface area contributed by atoms with Crippen molar-refractivity contribution in [2.75, 3.05) is 0 Å². The summed E-state index contributed by atoms with van der Waals surface area (Å²) < 4.78 is 44.0. The summed E-state index contributed by atoms with van der Waals surface area (Å²) in [6.45, 7) is 5.22. The van der Waals surface area contributed by atoms with E-state index in [4.69, 9.17) is 10.5 Å². The van der Waals surface area contributed by atoms with Gasteiger partial charge in [-0.3, -0.25) is 5.43 Å². The van der Waals surface area contributed by atoms with Crippen molar-refractivity contribution in [3.8, 4) is 5.75 Å². The molecule has 3 N–H and O–H groups in total. The van der Waals surface area contributed by atoms with Gasteiger partial charge < -0.3 is 10.5 Å². The van der Waals surface area contributed by atoms with E-state index in [1.54, 1.807) is 26.8 Å². The van der Waals surface area contributed by atoms with Crippen LogP contribution in [-0.4, -0.2) is 11.9 Å². The fourth-order valence-corrected chi connectivity index (χ4v) is 1.50. The van der Waals surface area contributed by atoms with E-state index in [1.807, 2.05) is 0 Å². The van der Waals surface area contributed by atoms with E-state index < -0.39 is 11.7 Å². The minimum absolute atomic E-state index is 0.0622. The van der Waals surface area contributed by atoms with Crippen LogP contribution in [0.3, 0.4) is 0 Å². The number of amidine groups is 1. The molecule has 21 heavy (non-hydrogen) atoms. The first-order chi connectivity index (χ1) is 9.74. The van der Waals surface area contributed by atoms with Crippen LogP contribution in [0, 0.1) is 0 Å². The van der Waals surface area contributed by atoms with E-state index in [0.717, 1.165) is 12.1 Å². The number of hydrogen-bond acceptors (Lipinski definition) is 3. The molecule has 1 aromatic rings. The number of rotatable bonds is 5. The second-order valence-electron chi connectivity index (χ2n) is 4.54. The molecule has 0 bridgehead atoms. The zero-order valence-corrected chi connectivity index (χ0v) is 12.0. The molecular weight excluding hydrogens is 283 g/mol. The van der Waals surface area contributed by atoms with Crippen molar-refractivity contribution in [1.82, 2.24) is 5.43 Å². The van der Waals surface area contributed by atoms with Crippen molar-refractivity contribution in [1.29, 1.82) is 0 Å². The van der Waals surface area contributed by atoms with Gasteiger partial charge in [0.1, 0.15) is 5.75 Å². The van der Waals surface area contributed by atoms with Crippen LogP contribution < -0.4 is 15.9 Å². The quantitative estimate of drug-likeness (QED) is 0.498. The average molecular weight is 301 g/mol. The Labute approximate surface area is 121 Å². The summed E-state index contributed by atoms with van der Waals surface area (Å²) in [6.07, 6.45) is -1.55. The number of nitrogens with zero attached hydrogens (tertiary/aromatic N) is 1. The largest absolute Gasteiger partial charge is 0.491 e. The molecule has 0 radical (unpaired) electrons. The molecule has 0 saturated heterocycles. The molecule has 0 atom stereocenters. The molecule has 0 aromatic heterocycles. The molecule has 7 heteroatoms. The van der Waals surface area contributed by atoms with Crippen LogP contribution in [0.4, 0.5) is 13.2 Å². The lowest BCUT2D eigenvalue weighted by atomic mass is 10.1. The molecule has 0 saturated carbocycles. The first-order valence-corrected chi connectivity index (χ1v) is 6.33. The number of nitrogens with one attached hydrogen (secondary N) is 1. The monoisotopic (exact) mass is 301 g/mol. The fourth-order valence-electron chi connectivity index (χ4n) is 1.50. The lowest BCUT2D eigenvalue weighted by Gasteiger charge is -2.14. The summed E-state index contributed by atoms with van der Waals surface area (Å²) in [7, 11) is 0. The maximum absolute atomic E-state index is 12.9. The molecule has 1 rings (SSSR count). The summed E-state index contributed by atoms with van der Waals surface area (Å²) in [4.78, 5) is 0. The van der Waals surface area contributed by atoms with Crippen molar-refractivity contribution >= 4 is 5.84 Å². The SMILES string of the molecule is C/C=C\N/N=C(\N)c1cc(OC(C)C)cc(C(F)(F)F)c1. The third kappa shape index (κ3) is 5.37. The Bertz CT molecular complexity index is 537. The van der Waals surface area contributed by atoms with Gasteiger partial charge in [0.05, 0.1) is 11.7 Å². The van der Waals surface area contributed by atoms with Crippen LogP contribution in [0.1, 0.15) is 31.9 Å². The standard InChI is InChI=1S/C14H18F3N3O/c1-4-5-19-20-13(18)10-6-11(14(15,16)17)8-12(7-10)21-9(2)3/h4-9,19H,1-3H3,(H2,18,20)/b5-4-. The van der Waals surface area contributed by atoms with Gasteiger partial charge >= 0.3 is 6.18 Å². The van der Waals surface area contributed by atoms with Crippen molar-refractivity contribution < 1.29 is 17.9 Å². The Morgan fingerprint density at radius 3 is 2.52 bits per heavy atom. The van der Waals surface area contributed by atoms with Gasteiger partial charge in [0.15, 0.2) is 5.84 Å². The maximum Gasteiger partial charge on any atom is 0.416 e. The van der Waals surface area contributed by atoms with Crippen molar-refractivity contribution in [2.24, 2.45) is 10.8 Å². The van der Waals surface area contributed by atoms with E-state index >= 15 is 0 Å². The van der Waals surface area contributed by atoms with Gasteiger partial charge in [-0.25, -0.2) is 0 Å². The summed E-state index contributed by atoms with van der Waals surface area (Å²) in [5, 5.41) is 3.76. The smallest absolute Gasteiger partial charge is 0.416 e. The van der Waals surface area contributed by atoms with Crippen LogP contribution in [0.25, 0.3) is 0 Å². The van der Waals surface area contributed by atoms with E-state index in [2.05, 4.69) is 10.5 Å². The van der Waals surface area contributed by atoms with Gasteiger partial charge in [-0.1, -0.05) is 6.08 Å². The number of benzene rings is 1. The molecule has 0 amide bonds. The number of hydrazone groups is 1. The number of halogens is 3. The lowest BCUT2D eigenvalue weighted by Crippen LogP contribution is -2.19. The van der Waals surface area contributed by atoms with Crippen LogP contribution >= 0.6 is 0 Å². The zero-order chi connectivity index (χ0) is 16.0. The number of ether oxygens (including phenoxy) is 1. The van der Waals surface area contributed by atoms with Gasteiger partial charge in [0.25, 0.3) is 0 Å². The third-order valence-corrected chi connectivity index (χ3v) is 2.33. The Kier molecular flexibility index (Phi) is 5.63. The Hall–Kier alpha value is -2.18. The first kappa shape index (κ1) is 16.9. The number of hydrogen-bond donors (Lipinski definition) is 2. The molecule has 0 aliphatic rings. The van der Waals surface area contributed by atoms with Gasteiger partial charge in [0, 0.05) is 11.8 Å². The molecule has 0 aliphatic heterocycles. The average Bonchev–Trinajstić information content (AvgIpc) is 2.36. The molecular formula is C14H18F3N3O. The van der Waals surface area contributed by atoms with E-state index in [9.17, 15) is 13.2 Å². The van der Waals surface area contributed by atoms with Crippen LogP contribution in [-0.2, 0) is 6.18 Å². The minimum atomic E-state index is -4.48. The maximum atomic E-state index is 12.9. The molecule has 0 spiro atoms. The highest BCUT2D eigenvalue weighted by molar-refractivity contribution is 5.97. The van der Waals surface area contributed by atoms with Crippen LogP contribution in [0.15, 0.2) is 35.6 Å². The Balaban J connectivity index is 3.21. The molecule has 0 aliphatic carbocycles. The van der Waals surface area contributed by atoms with Gasteiger partial charge in [-0.15, -0.1) is 0 Å². The Morgan fingerprint density at radius 1 is 1.33 bits per heavy atom. The fraction of sp³-hybridized carbons (Fsp3) is 0.357. The highest BCUT2D eigenvalue weighted by Crippen LogP contribution is 2.32. The topological polar surface area (TPSA) is 59.6 Å². The predicted octanol–water partition coefficient (Wildman–Crippen LogP) is 3.24. The van der Waals surface area contributed by atoms with Crippen LogP contribution in [0.2, 0.25) is 0 Å². The van der Waals surface area contributed by atoms with Crippen molar-refractivity contribution in [2.45, 2.75) is 33.1 Å². The summed E-state index contributed by atoms with van der Waals surface area (Å²) in [6, 6.07) is 3.30. The Morgan fingerprint density at radius 2 is 2.00 bits per heavy atom. The van der Waals surface area contributed by atoms with Gasteiger partial charge in [-0.05, 0) is 39.0 Å². The number of nitrogens with two attached hydrogens (primary N) is 1. The molecule has 1 aromatic carbocycles. The highest BCUT2D eigenvalue weighted by Gasteiger charge is 2.31. The van der Waals surface area contributed by atoms with Gasteiger partial charge in [-0.2, -0.15) is 18.3 Å². The van der Waals surface area contributed by atoms with Crippen LogP contribution in [0.5, 0.6) is 5.75 Å². The zero-order valence-electron chi connectivity index (χ0n) is 12.0. The lowest BCUT2D eigenvalue weighted by molar-refractivity contribution is -0.137. The second-order valence-corrected chi connectivity index (χ2v) is 4.54. The van der Waals surface area contributed by atoms with Crippen molar-refractivity contribution in [3.63, 3.8) is 0 Å². The third-order valence-electron chi connectivity index (χ3n) is 2.33. The molecule has 0 heterocycles.